The van der Waals surface area contributed by atoms with Gasteiger partial charge in [0.2, 0.25) is 0 Å². The fourth-order valence-electron chi connectivity index (χ4n) is 2.66. The molecule has 0 aliphatic carbocycles. The largest absolute Gasteiger partial charge is 0.497 e. The summed E-state index contributed by atoms with van der Waals surface area (Å²) >= 11 is 5.89. The van der Waals surface area contributed by atoms with Crippen molar-refractivity contribution in [2.45, 2.75) is 13.1 Å². The number of hydrogen-bond donors (Lipinski definition) is 2. The number of rotatable bonds is 7. The van der Waals surface area contributed by atoms with E-state index in [9.17, 15) is 4.79 Å². The summed E-state index contributed by atoms with van der Waals surface area (Å²) in [6.07, 6.45) is 0. The van der Waals surface area contributed by atoms with Gasteiger partial charge in [-0.2, -0.15) is 0 Å². The van der Waals surface area contributed by atoms with Gasteiger partial charge < -0.3 is 15.4 Å². The van der Waals surface area contributed by atoms with Crippen LogP contribution in [0.3, 0.4) is 0 Å². The lowest BCUT2D eigenvalue weighted by molar-refractivity contribution is 0.0951. The van der Waals surface area contributed by atoms with Gasteiger partial charge in [0.05, 0.1) is 12.7 Å². The highest BCUT2D eigenvalue weighted by Crippen LogP contribution is 2.18. The van der Waals surface area contributed by atoms with Crippen LogP contribution in [0, 0.1) is 0 Å². The van der Waals surface area contributed by atoms with Gasteiger partial charge in [-0.3, -0.25) is 4.79 Å². The van der Waals surface area contributed by atoms with E-state index in [2.05, 4.69) is 10.6 Å². The van der Waals surface area contributed by atoms with Crippen LogP contribution < -0.4 is 15.4 Å². The Kier molecular flexibility index (Phi) is 6.34. The number of methoxy groups -OCH3 is 1. The number of amides is 1. The summed E-state index contributed by atoms with van der Waals surface area (Å²) < 4.78 is 5.17. The zero-order valence-corrected chi connectivity index (χ0v) is 15.8. The van der Waals surface area contributed by atoms with Crippen molar-refractivity contribution in [1.82, 2.24) is 5.32 Å². The van der Waals surface area contributed by atoms with Gasteiger partial charge in [-0.25, -0.2) is 0 Å². The Morgan fingerprint density at radius 1 is 0.889 bits per heavy atom. The smallest absolute Gasteiger partial charge is 0.253 e. The predicted octanol–water partition coefficient (Wildman–Crippen LogP) is 4.89. The third-order valence-corrected chi connectivity index (χ3v) is 4.43. The van der Waals surface area contributed by atoms with E-state index in [0.29, 0.717) is 23.7 Å². The van der Waals surface area contributed by atoms with Gasteiger partial charge in [-0.15, -0.1) is 0 Å². The number of ether oxygens (including phenoxy) is 1. The van der Waals surface area contributed by atoms with Gasteiger partial charge >= 0.3 is 0 Å². The third-order valence-electron chi connectivity index (χ3n) is 4.18. The van der Waals surface area contributed by atoms with Gasteiger partial charge in [0.1, 0.15) is 5.75 Å². The van der Waals surface area contributed by atoms with Crippen LogP contribution in [0.4, 0.5) is 5.69 Å². The normalized spacial score (nSPS) is 10.3. The van der Waals surface area contributed by atoms with E-state index in [1.165, 1.54) is 0 Å². The summed E-state index contributed by atoms with van der Waals surface area (Å²) in [5, 5.41) is 6.96. The molecule has 5 heteroatoms. The fraction of sp³-hybridized carbons (Fsp3) is 0.136. The van der Waals surface area contributed by atoms with Crippen molar-refractivity contribution >= 4 is 23.2 Å². The number of para-hydroxylation sites is 1. The van der Waals surface area contributed by atoms with Crippen LogP contribution in [0.2, 0.25) is 5.02 Å². The lowest BCUT2D eigenvalue weighted by Crippen LogP contribution is -2.23. The number of carbonyl (C=O) groups is 1. The average Bonchev–Trinajstić information content (AvgIpc) is 2.72. The first-order valence-electron chi connectivity index (χ1n) is 8.64. The SMILES string of the molecule is COc1ccc(CNc2ccccc2C(=O)NCc2ccc(Cl)cc2)cc1. The Morgan fingerprint density at radius 2 is 1.52 bits per heavy atom. The summed E-state index contributed by atoms with van der Waals surface area (Å²) in [6, 6.07) is 22.7. The molecule has 0 heterocycles. The average molecular weight is 381 g/mol. The van der Waals surface area contributed by atoms with E-state index < -0.39 is 0 Å². The molecule has 3 rings (SSSR count). The van der Waals surface area contributed by atoms with E-state index in [1.54, 1.807) is 7.11 Å². The first kappa shape index (κ1) is 18.8. The number of nitrogens with one attached hydrogen (secondary N) is 2. The monoisotopic (exact) mass is 380 g/mol. The molecule has 0 aliphatic heterocycles. The number of hydrogen-bond acceptors (Lipinski definition) is 3. The lowest BCUT2D eigenvalue weighted by Gasteiger charge is -2.13. The molecule has 0 radical (unpaired) electrons. The van der Waals surface area contributed by atoms with Gasteiger partial charge in [0.25, 0.3) is 5.91 Å². The van der Waals surface area contributed by atoms with Gasteiger partial charge in [-0.05, 0) is 47.5 Å². The quantitative estimate of drug-likeness (QED) is 0.613. The molecule has 0 spiro atoms. The highest BCUT2D eigenvalue weighted by molar-refractivity contribution is 6.30. The van der Waals surface area contributed by atoms with Crippen LogP contribution in [-0.4, -0.2) is 13.0 Å². The first-order chi connectivity index (χ1) is 13.2. The minimum absolute atomic E-state index is 0.122. The number of carbonyl (C=O) groups excluding carboxylic acids is 1. The van der Waals surface area contributed by atoms with Crippen molar-refractivity contribution in [1.29, 1.82) is 0 Å². The number of benzene rings is 3. The van der Waals surface area contributed by atoms with Gasteiger partial charge in [-0.1, -0.05) is 48.0 Å². The second-order valence-corrected chi connectivity index (χ2v) is 6.49. The highest BCUT2D eigenvalue weighted by Gasteiger charge is 2.10. The molecule has 0 unspecified atom stereocenters. The Labute approximate surface area is 164 Å². The van der Waals surface area contributed by atoms with Crippen molar-refractivity contribution in [3.8, 4) is 5.75 Å². The minimum Gasteiger partial charge on any atom is -0.497 e. The fourth-order valence-corrected chi connectivity index (χ4v) is 2.78. The second-order valence-electron chi connectivity index (χ2n) is 6.06. The number of anilines is 1. The van der Waals surface area contributed by atoms with E-state index >= 15 is 0 Å². The zero-order chi connectivity index (χ0) is 19.1. The molecule has 3 aromatic carbocycles. The minimum atomic E-state index is -0.122. The molecule has 0 aliphatic rings. The first-order valence-corrected chi connectivity index (χ1v) is 9.02. The lowest BCUT2D eigenvalue weighted by atomic mass is 10.1. The Hall–Kier alpha value is -2.98. The summed E-state index contributed by atoms with van der Waals surface area (Å²) in [6.45, 7) is 1.06. The molecule has 0 saturated heterocycles. The molecule has 4 nitrogen and oxygen atoms in total. The Balaban J connectivity index is 1.63. The molecule has 27 heavy (non-hydrogen) atoms. The molecule has 0 fully saturated rings. The predicted molar refractivity (Wildman–Crippen MR) is 109 cm³/mol. The zero-order valence-electron chi connectivity index (χ0n) is 15.0. The maximum Gasteiger partial charge on any atom is 0.253 e. The second kappa shape index (κ2) is 9.10. The molecule has 2 N–H and O–H groups in total. The van der Waals surface area contributed by atoms with Crippen LogP contribution in [0.15, 0.2) is 72.8 Å². The summed E-state index contributed by atoms with van der Waals surface area (Å²) in [7, 11) is 1.64. The number of halogens is 1. The van der Waals surface area contributed by atoms with E-state index in [1.807, 2.05) is 72.8 Å². The highest BCUT2D eigenvalue weighted by atomic mass is 35.5. The van der Waals surface area contributed by atoms with Crippen LogP contribution in [0.1, 0.15) is 21.5 Å². The standard InChI is InChI=1S/C22H21ClN2O2/c1-27-19-12-8-17(9-13-19)14-24-21-5-3-2-4-20(21)22(26)25-15-16-6-10-18(23)11-7-16/h2-13,24H,14-15H2,1H3,(H,25,26). The molecular formula is C22H21ClN2O2. The summed E-state index contributed by atoms with van der Waals surface area (Å²) in [5.41, 5.74) is 3.51. The summed E-state index contributed by atoms with van der Waals surface area (Å²) in [4.78, 5) is 12.6. The van der Waals surface area contributed by atoms with E-state index in [-0.39, 0.29) is 5.91 Å². The molecule has 0 atom stereocenters. The topological polar surface area (TPSA) is 50.4 Å². The molecule has 0 aromatic heterocycles. The molecule has 3 aromatic rings. The maximum absolute atomic E-state index is 12.6. The van der Waals surface area contributed by atoms with Gasteiger partial charge in [0, 0.05) is 23.8 Å². The van der Waals surface area contributed by atoms with E-state index in [4.69, 9.17) is 16.3 Å². The Bertz CT molecular complexity index is 893. The Morgan fingerprint density at radius 3 is 2.22 bits per heavy atom. The third kappa shape index (κ3) is 5.25. The summed E-state index contributed by atoms with van der Waals surface area (Å²) in [5.74, 6) is 0.698. The van der Waals surface area contributed by atoms with Crippen LogP contribution in [0.25, 0.3) is 0 Å². The van der Waals surface area contributed by atoms with Crippen LogP contribution in [-0.2, 0) is 13.1 Å². The van der Waals surface area contributed by atoms with Crippen molar-refractivity contribution in [2.24, 2.45) is 0 Å². The molecule has 0 bridgehead atoms. The van der Waals surface area contributed by atoms with Gasteiger partial charge in [0.15, 0.2) is 0 Å². The molecule has 0 saturated carbocycles. The van der Waals surface area contributed by atoms with Crippen LogP contribution in [0.5, 0.6) is 5.75 Å². The van der Waals surface area contributed by atoms with Crippen molar-refractivity contribution in [2.75, 3.05) is 12.4 Å². The van der Waals surface area contributed by atoms with Crippen molar-refractivity contribution < 1.29 is 9.53 Å². The van der Waals surface area contributed by atoms with E-state index in [0.717, 1.165) is 22.6 Å². The molecule has 1 amide bonds. The van der Waals surface area contributed by atoms with Crippen molar-refractivity contribution in [3.05, 3.63) is 94.5 Å². The van der Waals surface area contributed by atoms with Crippen molar-refractivity contribution in [3.63, 3.8) is 0 Å². The maximum atomic E-state index is 12.6. The molecular weight excluding hydrogens is 360 g/mol. The molecule has 138 valence electrons. The van der Waals surface area contributed by atoms with Crippen LogP contribution >= 0.6 is 11.6 Å².